The van der Waals surface area contributed by atoms with E-state index in [0.717, 1.165) is 89.5 Å². The number of aliphatic imine (C=N–C) groups is 1. The summed E-state index contributed by atoms with van der Waals surface area (Å²) in [5.74, 6) is 2.84. The smallest absolute Gasteiger partial charge is 0.193 e. The molecule has 2 aliphatic heterocycles. The average molecular weight is 363 g/mol. The molecule has 6 heteroatoms. The van der Waals surface area contributed by atoms with Crippen LogP contribution in [0.25, 0.3) is 0 Å². The second-order valence-corrected chi connectivity index (χ2v) is 7.46. The Hall–Kier alpha value is -1.53. The van der Waals surface area contributed by atoms with E-state index in [9.17, 15) is 0 Å². The maximum Gasteiger partial charge on any atom is 0.193 e. The molecule has 1 aromatic rings. The molecule has 1 unspecified atom stereocenters. The molecule has 3 heterocycles. The van der Waals surface area contributed by atoms with E-state index in [0.29, 0.717) is 0 Å². The molecule has 2 fully saturated rings. The van der Waals surface area contributed by atoms with Gasteiger partial charge in [-0.1, -0.05) is 6.92 Å². The highest BCUT2D eigenvalue weighted by atomic mass is 16.5. The maximum atomic E-state index is 5.43. The van der Waals surface area contributed by atoms with Crippen molar-refractivity contribution in [2.45, 2.75) is 32.6 Å². The van der Waals surface area contributed by atoms with Gasteiger partial charge in [0.05, 0.1) is 19.5 Å². The molecule has 26 heavy (non-hydrogen) atoms. The number of rotatable bonds is 7. The Morgan fingerprint density at radius 2 is 2.19 bits per heavy atom. The zero-order valence-corrected chi connectivity index (χ0v) is 16.2. The van der Waals surface area contributed by atoms with Crippen molar-refractivity contribution in [3.05, 3.63) is 24.2 Å². The summed E-state index contributed by atoms with van der Waals surface area (Å²) in [6, 6.07) is 3.98. The SMILES string of the molecule is CC1CCCN(C(=NCCCN2CCOCC2)NCCc2ccco2)C1. The van der Waals surface area contributed by atoms with E-state index in [-0.39, 0.29) is 0 Å². The van der Waals surface area contributed by atoms with Crippen molar-refractivity contribution >= 4 is 5.96 Å². The van der Waals surface area contributed by atoms with Crippen LogP contribution < -0.4 is 5.32 Å². The molecule has 146 valence electrons. The van der Waals surface area contributed by atoms with Gasteiger partial charge in [0.1, 0.15) is 5.76 Å². The number of morpholine rings is 1. The van der Waals surface area contributed by atoms with Gasteiger partial charge in [0.15, 0.2) is 5.96 Å². The maximum absolute atomic E-state index is 5.43. The minimum atomic E-state index is 0.745. The van der Waals surface area contributed by atoms with Crippen LogP contribution in [0, 0.1) is 5.92 Å². The van der Waals surface area contributed by atoms with Gasteiger partial charge in [0.25, 0.3) is 0 Å². The highest BCUT2D eigenvalue weighted by Crippen LogP contribution is 2.15. The van der Waals surface area contributed by atoms with Crippen molar-refractivity contribution in [2.24, 2.45) is 10.9 Å². The summed E-state index contributed by atoms with van der Waals surface area (Å²) in [5.41, 5.74) is 0. The number of guanidine groups is 1. The van der Waals surface area contributed by atoms with Crippen molar-refractivity contribution < 1.29 is 9.15 Å². The Morgan fingerprint density at radius 3 is 2.96 bits per heavy atom. The molecule has 1 aromatic heterocycles. The molecule has 0 aliphatic carbocycles. The molecule has 2 saturated heterocycles. The fourth-order valence-corrected chi connectivity index (χ4v) is 3.71. The zero-order valence-electron chi connectivity index (χ0n) is 16.2. The van der Waals surface area contributed by atoms with Crippen LogP contribution in [0.4, 0.5) is 0 Å². The largest absolute Gasteiger partial charge is 0.469 e. The monoisotopic (exact) mass is 362 g/mol. The van der Waals surface area contributed by atoms with Gasteiger partial charge in [-0.05, 0) is 37.3 Å². The second kappa shape index (κ2) is 10.6. The Balaban J connectivity index is 1.47. The molecule has 1 N–H and O–H groups in total. The van der Waals surface area contributed by atoms with Crippen molar-refractivity contribution in [1.82, 2.24) is 15.1 Å². The first-order valence-electron chi connectivity index (χ1n) is 10.2. The molecule has 0 aromatic carbocycles. The van der Waals surface area contributed by atoms with Crippen molar-refractivity contribution in [3.8, 4) is 0 Å². The molecule has 6 nitrogen and oxygen atoms in total. The highest BCUT2D eigenvalue weighted by Gasteiger charge is 2.19. The molecule has 0 bridgehead atoms. The number of hydrogen-bond donors (Lipinski definition) is 1. The topological polar surface area (TPSA) is 53.2 Å². The number of likely N-dealkylation sites (tertiary alicyclic amines) is 1. The summed E-state index contributed by atoms with van der Waals surface area (Å²) >= 11 is 0. The number of ether oxygens (including phenoxy) is 1. The molecular formula is C20H34N4O2. The van der Waals surface area contributed by atoms with E-state index in [1.165, 1.54) is 12.8 Å². The van der Waals surface area contributed by atoms with Crippen LogP contribution in [-0.4, -0.2) is 74.8 Å². The van der Waals surface area contributed by atoms with Crippen molar-refractivity contribution in [2.75, 3.05) is 59.0 Å². The number of furan rings is 1. The highest BCUT2D eigenvalue weighted by molar-refractivity contribution is 5.80. The van der Waals surface area contributed by atoms with Crippen LogP contribution in [0.2, 0.25) is 0 Å². The Labute approximate surface area is 157 Å². The van der Waals surface area contributed by atoms with E-state index in [4.69, 9.17) is 14.1 Å². The lowest BCUT2D eigenvalue weighted by atomic mass is 10.0. The van der Waals surface area contributed by atoms with Crippen LogP contribution in [0.1, 0.15) is 31.9 Å². The Morgan fingerprint density at radius 1 is 1.31 bits per heavy atom. The van der Waals surface area contributed by atoms with Crippen molar-refractivity contribution in [1.29, 1.82) is 0 Å². The standard InChI is InChI=1S/C20H34N4O2/c1-18-5-2-11-24(17-18)20(22-9-7-19-6-3-14-26-19)21-8-4-10-23-12-15-25-16-13-23/h3,6,14,18H,2,4-5,7-13,15-17H2,1H3,(H,21,22). The number of nitrogens with one attached hydrogen (secondary N) is 1. The van der Waals surface area contributed by atoms with Gasteiger partial charge < -0.3 is 19.4 Å². The van der Waals surface area contributed by atoms with Crippen LogP contribution in [0.5, 0.6) is 0 Å². The average Bonchev–Trinajstić information content (AvgIpc) is 3.18. The van der Waals surface area contributed by atoms with Crippen LogP contribution in [0.3, 0.4) is 0 Å². The Bertz CT molecular complexity index is 526. The van der Waals surface area contributed by atoms with E-state index in [1.807, 2.05) is 12.1 Å². The lowest BCUT2D eigenvalue weighted by Crippen LogP contribution is -2.47. The van der Waals surface area contributed by atoms with Gasteiger partial charge in [0.2, 0.25) is 0 Å². The van der Waals surface area contributed by atoms with Crippen LogP contribution in [0.15, 0.2) is 27.8 Å². The van der Waals surface area contributed by atoms with Gasteiger partial charge in [-0.2, -0.15) is 0 Å². The normalized spacial score (nSPS) is 22.6. The summed E-state index contributed by atoms with van der Waals surface area (Å²) in [4.78, 5) is 9.84. The predicted molar refractivity (Wildman–Crippen MR) is 105 cm³/mol. The van der Waals surface area contributed by atoms with Crippen LogP contribution >= 0.6 is 0 Å². The third-order valence-electron chi connectivity index (χ3n) is 5.19. The molecule has 2 aliphatic rings. The molecular weight excluding hydrogens is 328 g/mol. The van der Waals surface area contributed by atoms with Crippen LogP contribution in [-0.2, 0) is 11.2 Å². The molecule has 1 atom stereocenters. The number of hydrogen-bond acceptors (Lipinski definition) is 4. The van der Waals surface area contributed by atoms with Gasteiger partial charge in [-0.15, -0.1) is 0 Å². The van der Waals surface area contributed by atoms with Gasteiger partial charge in [-0.3, -0.25) is 9.89 Å². The lowest BCUT2D eigenvalue weighted by molar-refractivity contribution is 0.0377. The third kappa shape index (κ3) is 6.32. The quantitative estimate of drug-likeness (QED) is 0.458. The molecule has 0 spiro atoms. The van der Waals surface area contributed by atoms with E-state index in [2.05, 4.69) is 22.0 Å². The van der Waals surface area contributed by atoms with E-state index < -0.39 is 0 Å². The summed E-state index contributed by atoms with van der Waals surface area (Å²) in [7, 11) is 0. The summed E-state index contributed by atoms with van der Waals surface area (Å²) in [6.07, 6.45) is 6.32. The fourth-order valence-electron chi connectivity index (χ4n) is 3.71. The fraction of sp³-hybridized carbons (Fsp3) is 0.750. The van der Waals surface area contributed by atoms with Gasteiger partial charge >= 0.3 is 0 Å². The lowest BCUT2D eigenvalue weighted by Gasteiger charge is -2.33. The second-order valence-electron chi connectivity index (χ2n) is 7.46. The van der Waals surface area contributed by atoms with E-state index >= 15 is 0 Å². The molecule has 3 rings (SSSR count). The number of piperidine rings is 1. The first-order valence-corrected chi connectivity index (χ1v) is 10.2. The first-order chi connectivity index (χ1) is 12.8. The molecule has 0 amide bonds. The summed E-state index contributed by atoms with van der Waals surface area (Å²) < 4.78 is 10.8. The third-order valence-corrected chi connectivity index (χ3v) is 5.19. The minimum absolute atomic E-state index is 0.745. The van der Waals surface area contributed by atoms with E-state index in [1.54, 1.807) is 6.26 Å². The summed E-state index contributed by atoms with van der Waals surface area (Å²) in [6.45, 7) is 11.3. The number of nitrogens with zero attached hydrogens (tertiary/aromatic N) is 3. The van der Waals surface area contributed by atoms with Gasteiger partial charge in [0, 0.05) is 52.2 Å². The zero-order chi connectivity index (χ0) is 18.0. The molecule has 0 saturated carbocycles. The Kier molecular flexibility index (Phi) is 7.83. The van der Waals surface area contributed by atoms with Gasteiger partial charge in [-0.25, -0.2) is 0 Å². The molecule has 0 radical (unpaired) electrons. The summed E-state index contributed by atoms with van der Waals surface area (Å²) in [5, 5.41) is 3.57. The predicted octanol–water partition coefficient (Wildman–Crippen LogP) is 2.22. The van der Waals surface area contributed by atoms with Crippen molar-refractivity contribution in [3.63, 3.8) is 0 Å². The first kappa shape index (κ1) is 19.2. The minimum Gasteiger partial charge on any atom is -0.469 e.